The lowest BCUT2D eigenvalue weighted by Gasteiger charge is -2.07. The number of carbonyl (C=O) groups excluding carboxylic acids is 2. The van der Waals surface area contributed by atoms with Gasteiger partial charge in [-0.3, -0.25) is 9.59 Å². The van der Waals surface area contributed by atoms with Crippen molar-refractivity contribution >= 4 is 21.6 Å². The highest BCUT2D eigenvalue weighted by Gasteiger charge is 2.17. The van der Waals surface area contributed by atoms with E-state index in [9.17, 15) is 18.0 Å². The van der Waals surface area contributed by atoms with E-state index in [4.69, 9.17) is 4.74 Å². The molecule has 0 radical (unpaired) electrons. The van der Waals surface area contributed by atoms with Crippen molar-refractivity contribution in [1.82, 2.24) is 0 Å². The molecule has 0 saturated heterocycles. The number of aryl methyl sites for hydroxylation is 1. The molecule has 0 N–H and O–H groups in total. The number of hydrogen-bond donors (Lipinski definition) is 0. The molecule has 148 valence electrons. The first-order chi connectivity index (χ1) is 13.8. The topological polar surface area (TPSA) is 77.5 Å². The molecule has 29 heavy (non-hydrogen) atoms. The van der Waals surface area contributed by atoms with Crippen molar-refractivity contribution in [3.8, 4) is 5.75 Å². The highest BCUT2D eigenvalue weighted by Crippen LogP contribution is 2.17. The van der Waals surface area contributed by atoms with Crippen molar-refractivity contribution in [3.63, 3.8) is 0 Å². The Kier molecular flexibility index (Phi) is 6.24. The summed E-state index contributed by atoms with van der Waals surface area (Å²) in [6.07, 6.45) is -0.263. The van der Waals surface area contributed by atoms with E-state index in [2.05, 4.69) is 0 Å². The fourth-order valence-electron chi connectivity index (χ4n) is 2.69. The Morgan fingerprint density at radius 2 is 1.38 bits per heavy atom. The Hall–Kier alpha value is -3.25. The van der Waals surface area contributed by atoms with Gasteiger partial charge in [-0.05, 0) is 43.3 Å². The second kappa shape index (κ2) is 8.84. The molecule has 0 saturated carbocycles. The predicted octanol–water partition coefficient (Wildman–Crippen LogP) is 4.00. The first-order valence-corrected chi connectivity index (χ1v) is 10.7. The van der Waals surface area contributed by atoms with Crippen LogP contribution in [0.5, 0.6) is 5.75 Å². The van der Waals surface area contributed by atoms with E-state index in [0.29, 0.717) is 11.1 Å². The molecule has 3 rings (SSSR count). The number of rotatable bonds is 7. The summed E-state index contributed by atoms with van der Waals surface area (Å²) in [7, 11) is -3.56. The van der Waals surface area contributed by atoms with Crippen LogP contribution < -0.4 is 4.74 Å². The van der Waals surface area contributed by atoms with E-state index in [1.54, 1.807) is 48.5 Å². The molecule has 6 heteroatoms. The Balaban J connectivity index is 1.58. The van der Waals surface area contributed by atoms with E-state index in [-0.39, 0.29) is 28.6 Å². The van der Waals surface area contributed by atoms with Gasteiger partial charge in [-0.15, -0.1) is 0 Å². The molecule has 0 aromatic heterocycles. The fraction of sp³-hybridized carbons (Fsp3) is 0.130. The number of esters is 1. The molecule has 3 aromatic rings. The molecule has 0 fully saturated rings. The summed E-state index contributed by atoms with van der Waals surface area (Å²) in [5.41, 5.74) is 1.99. The summed E-state index contributed by atoms with van der Waals surface area (Å²) in [5.74, 6) is -0.859. The Morgan fingerprint density at radius 1 is 0.793 bits per heavy atom. The highest BCUT2D eigenvalue weighted by molar-refractivity contribution is 7.91. The number of ketones is 1. The maximum Gasteiger partial charge on any atom is 0.312 e. The molecule has 0 amide bonds. The maximum atomic E-state index is 12.4. The zero-order valence-corrected chi connectivity index (χ0v) is 16.7. The Labute approximate surface area is 169 Å². The van der Waals surface area contributed by atoms with Gasteiger partial charge in [-0.25, -0.2) is 8.42 Å². The zero-order chi connectivity index (χ0) is 20.9. The van der Waals surface area contributed by atoms with Gasteiger partial charge < -0.3 is 4.74 Å². The average molecular weight is 408 g/mol. The van der Waals surface area contributed by atoms with Gasteiger partial charge in [0.25, 0.3) is 0 Å². The highest BCUT2D eigenvalue weighted by atomic mass is 32.2. The molecule has 0 spiro atoms. The van der Waals surface area contributed by atoms with E-state index < -0.39 is 15.8 Å². The van der Waals surface area contributed by atoms with Crippen LogP contribution in [0, 0.1) is 6.92 Å². The first-order valence-electron chi connectivity index (χ1n) is 9.05. The van der Waals surface area contributed by atoms with Crippen molar-refractivity contribution in [2.75, 3.05) is 5.75 Å². The largest absolute Gasteiger partial charge is 0.427 e. The molecule has 5 nitrogen and oxygen atoms in total. The average Bonchev–Trinajstić information content (AvgIpc) is 2.73. The molecule has 0 atom stereocenters. The normalized spacial score (nSPS) is 11.1. The van der Waals surface area contributed by atoms with Crippen LogP contribution in [0.2, 0.25) is 0 Å². The summed E-state index contributed by atoms with van der Waals surface area (Å²) in [6, 6.07) is 21.5. The van der Waals surface area contributed by atoms with Gasteiger partial charge in [0.1, 0.15) is 5.75 Å². The Bertz CT molecular complexity index is 1100. The molecule has 0 aliphatic rings. The lowest BCUT2D eigenvalue weighted by atomic mass is 10.0. The van der Waals surface area contributed by atoms with Crippen molar-refractivity contribution in [2.45, 2.75) is 18.2 Å². The SMILES string of the molecule is Cc1ccc(S(=O)(=O)CCC(=O)Oc2ccc(C(=O)c3ccccc3)cc2)cc1. The standard InChI is InChI=1S/C23H20O5S/c1-17-7-13-21(14-8-17)29(26,27)16-15-22(24)28-20-11-9-19(10-12-20)23(25)18-5-3-2-4-6-18/h2-14H,15-16H2,1H3. The minimum atomic E-state index is -3.56. The van der Waals surface area contributed by atoms with Crippen LogP contribution in [0.3, 0.4) is 0 Å². The molecule has 0 aliphatic heterocycles. The van der Waals surface area contributed by atoms with Crippen molar-refractivity contribution in [1.29, 1.82) is 0 Å². The second-order valence-electron chi connectivity index (χ2n) is 6.58. The van der Waals surface area contributed by atoms with Crippen LogP contribution in [-0.2, 0) is 14.6 Å². The summed E-state index contributed by atoms with van der Waals surface area (Å²) in [4.78, 5) is 24.6. The lowest BCUT2D eigenvalue weighted by molar-refractivity contribution is -0.133. The smallest absolute Gasteiger partial charge is 0.312 e. The number of ether oxygens (including phenoxy) is 1. The molecule has 0 heterocycles. The first kappa shape index (κ1) is 20.5. The van der Waals surface area contributed by atoms with Gasteiger partial charge in [0, 0.05) is 11.1 Å². The van der Waals surface area contributed by atoms with Crippen LogP contribution in [0.4, 0.5) is 0 Å². The number of carbonyl (C=O) groups is 2. The summed E-state index contributed by atoms with van der Waals surface area (Å²) >= 11 is 0. The van der Waals surface area contributed by atoms with Crippen LogP contribution in [-0.4, -0.2) is 25.9 Å². The third kappa shape index (κ3) is 5.39. The van der Waals surface area contributed by atoms with E-state index in [1.807, 2.05) is 13.0 Å². The third-order valence-electron chi connectivity index (χ3n) is 4.34. The molecule has 0 aliphatic carbocycles. The van der Waals surface area contributed by atoms with E-state index in [1.165, 1.54) is 24.3 Å². The maximum absolute atomic E-state index is 12.4. The second-order valence-corrected chi connectivity index (χ2v) is 8.68. The lowest BCUT2D eigenvalue weighted by Crippen LogP contribution is -2.15. The van der Waals surface area contributed by atoms with Gasteiger partial charge >= 0.3 is 5.97 Å². The summed E-state index contributed by atoms with van der Waals surface area (Å²) < 4.78 is 29.8. The fourth-order valence-corrected chi connectivity index (χ4v) is 3.92. The van der Waals surface area contributed by atoms with Gasteiger partial charge in [0.15, 0.2) is 15.6 Å². The monoisotopic (exact) mass is 408 g/mol. The van der Waals surface area contributed by atoms with E-state index in [0.717, 1.165) is 5.56 Å². The van der Waals surface area contributed by atoms with E-state index >= 15 is 0 Å². The van der Waals surface area contributed by atoms with Gasteiger partial charge in [-0.1, -0.05) is 48.0 Å². The number of benzene rings is 3. The molecule has 3 aromatic carbocycles. The van der Waals surface area contributed by atoms with Gasteiger partial charge in [0.05, 0.1) is 17.1 Å². The summed E-state index contributed by atoms with van der Waals surface area (Å²) in [5, 5.41) is 0. The molecule has 0 unspecified atom stereocenters. The quantitative estimate of drug-likeness (QED) is 0.336. The molecular formula is C23H20O5S. The molecule has 0 bridgehead atoms. The van der Waals surface area contributed by atoms with Crippen LogP contribution in [0.15, 0.2) is 83.8 Å². The zero-order valence-electron chi connectivity index (χ0n) is 15.9. The number of sulfone groups is 1. The third-order valence-corrected chi connectivity index (χ3v) is 6.07. The summed E-state index contributed by atoms with van der Waals surface area (Å²) in [6.45, 7) is 1.87. The predicted molar refractivity (Wildman–Crippen MR) is 110 cm³/mol. The Morgan fingerprint density at radius 3 is 2.00 bits per heavy atom. The van der Waals surface area contributed by atoms with Crippen molar-refractivity contribution < 1.29 is 22.7 Å². The van der Waals surface area contributed by atoms with Crippen LogP contribution in [0.25, 0.3) is 0 Å². The minimum absolute atomic E-state index is 0.132. The van der Waals surface area contributed by atoms with Gasteiger partial charge in [-0.2, -0.15) is 0 Å². The van der Waals surface area contributed by atoms with Gasteiger partial charge in [0.2, 0.25) is 0 Å². The van der Waals surface area contributed by atoms with Crippen molar-refractivity contribution in [2.24, 2.45) is 0 Å². The number of hydrogen-bond acceptors (Lipinski definition) is 5. The van der Waals surface area contributed by atoms with Crippen LogP contribution in [0.1, 0.15) is 27.9 Å². The molecular weight excluding hydrogens is 388 g/mol. The minimum Gasteiger partial charge on any atom is -0.427 e. The van der Waals surface area contributed by atoms with Crippen LogP contribution >= 0.6 is 0 Å². The van der Waals surface area contributed by atoms with Crippen molar-refractivity contribution in [3.05, 3.63) is 95.6 Å².